The summed E-state index contributed by atoms with van der Waals surface area (Å²) in [7, 11) is 0. The monoisotopic (exact) mass is 226 g/mol. The lowest BCUT2D eigenvalue weighted by Gasteiger charge is -2.46. The molecule has 0 amide bonds. The van der Waals surface area contributed by atoms with Gasteiger partial charge < -0.3 is 5.11 Å². The van der Waals surface area contributed by atoms with Crippen LogP contribution >= 0.6 is 0 Å². The highest BCUT2D eigenvalue weighted by atomic mass is 17.2. The third kappa shape index (κ3) is 2.13. The topological polar surface area (TPSA) is 55.8 Å². The third-order valence-corrected chi connectivity index (χ3v) is 3.84. The van der Waals surface area contributed by atoms with Crippen LogP contribution in [0.25, 0.3) is 0 Å². The Balaban J connectivity index is 2.10. The molecule has 1 aliphatic heterocycles. The molecular formula is C12H18O4. The molecule has 1 saturated heterocycles. The highest BCUT2D eigenvalue weighted by Gasteiger charge is 2.45. The Morgan fingerprint density at radius 3 is 2.94 bits per heavy atom. The van der Waals surface area contributed by atoms with Crippen molar-refractivity contribution in [1.82, 2.24) is 0 Å². The zero-order chi connectivity index (χ0) is 11.8. The van der Waals surface area contributed by atoms with Crippen molar-refractivity contribution < 1.29 is 19.7 Å². The Morgan fingerprint density at radius 1 is 1.50 bits per heavy atom. The molecule has 4 heteroatoms. The van der Waals surface area contributed by atoms with Gasteiger partial charge in [-0.2, -0.15) is 0 Å². The summed E-state index contributed by atoms with van der Waals surface area (Å²) in [5, 5.41) is 8.64. The first-order chi connectivity index (χ1) is 7.51. The minimum atomic E-state index is -0.948. The highest BCUT2D eigenvalue weighted by molar-refractivity contribution is 5.79. The molecule has 2 bridgehead atoms. The van der Waals surface area contributed by atoms with E-state index in [0.717, 1.165) is 25.3 Å². The minimum absolute atomic E-state index is 0.171. The first kappa shape index (κ1) is 11.6. The van der Waals surface area contributed by atoms with Gasteiger partial charge in [-0.25, -0.2) is 14.6 Å². The number of carbonyl (C=O) groups is 1. The molecule has 4 nitrogen and oxygen atoms in total. The zero-order valence-corrected chi connectivity index (χ0v) is 9.68. The second kappa shape index (κ2) is 4.18. The van der Waals surface area contributed by atoms with Gasteiger partial charge in [-0.05, 0) is 44.1 Å². The second-order valence-corrected chi connectivity index (χ2v) is 5.06. The van der Waals surface area contributed by atoms with Crippen molar-refractivity contribution in [3.63, 3.8) is 0 Å². The van der Waals surface area contributed by atoms with Crippen LogP contribution in [-0.4, -0.2) is 22.8 Å². The fourth-order valence-electron chi connectivity index (χ4n) is 2.57. The largest absolute Gasteiger partial charge is 0.478 e. The van der Waals surface area contributed by atoms with Gasteiger partial charge in [-0.3, -0.25) is 0 Å². The first-order valence-corrected chi connectivity index (χ1v) is 5.78. The van der Waals surface area contributed by atoms with E-state index in [1.807, 2.05) is 6.92 Å². The molecule has 16 heavy (non-hydrogen) atoms. The molecule has 1 N–H and O–H groups in total. The van der Waals surface area contributed by atoms with E-state index >= 15 is 0 Å². The predicted octanol–water partition coefficient (Wildman–Crippen LogP) is 2.15. The van der Waals surface area contributed by atoms with Crippen molar-refractivity contribution in [2.24, 2.45) is 11.8 Å². The minimum Gasteiger partial charge on any atom is -0.478 e. The van der Waals surface area contributed by atoms with E-state index in [1.54, 1.807) is 6.08 Å². The lowest BCUT2D eigenvalue weighted by Crippen LogP contribution is -2.49. The Labute approximate surface area is 95.2 Å². The van der Waals surface area contributed by atoms with Crippen molar-refractivity contribution >= 4 is 5.97 Å². The molecule has 90 valence electrons. The van der Waals surface area contributed by atoms with Crippen LogP contribution in [0, 0.1) is 11.8 Å². The number of aliphatic carboxylic acids is 1. The number of rotatable bonds is 2. The molecule has 1 saturated carbocycles. The average Bonchev–Trinajstić information content (AvgIpc) is 2.25. The summed E-state index contributed by atoms with van der Waals surface area (Å²) >= 11 is 0. The molecule has 0 spiro atoms. The summed E-state index contributed by atoms with van der Waals surface area (Å²) in [5.41, 5.74) is -0.588. The van der Waals surface area contributed by atoms with Crippen LogP contribution in [0.4, 0.5) is 0 Å². The molecule has 1 aliphatic carbocycles. The van der Waals surface area contributed by atoms with E-state index in [0.29, 0.717) is 11.8 Å². The van der Waals surface area contributed by atoms with Crippen LogP contribution in [0.2, 0.25) is 0 Å². The SMILES string of the molecule is C[C@@H]1CC[C@H]2C[C@@H]1OOC2(C)/C=C/C(=O)O. The second-order valence-electron chi connectivity index (χ2n) is 5.06. The van der Waals surface area contributed by atoms with Crippen molar-refractivity contribution in [2.75, 3.05) is 0 Å². The summed E-state index contributed by atoms with van der Waals surface area (Å²) in [4.78, 5) is 21.3. The Kier molecular flexibility index (Phi) is 3.04. The number of fused-ring (bicyclic) bond motifs is 2. The summed E-state index contributed by atoms with van der Waals surface area (Å²) in [5.74, 6) is -0.0570. The van der Waals surface area contributed by atoms with Crippen molar-refractivity contribution in [1.29, 1.82) is 0 Å². The average molecular weight is 226 g/mol. The first-order valence-electron chi connectivity index (χ1n) is 5.78. The highest BCUT2D eigenvalue weighted by Crippen LogP contribution is 2.43. The van der Waals surface area contributed by atoms with Gasteiger partial charge in [0, 0.05) is 6.08 Å². The Bertz CT molecular complexity index is 312. The van der Waals surface area contributed by atoms with Gasteiger partial charge in [0.25, 0.3) is 0 Å². The molecule has 4 atom stereocenters. The van der Waals surface area contributed by atoms with Gasteiger partial charge in [0.2, 0.25) is 0 Å². The number of hydrogen-bond acceptors (Lipinski definition) is 3. The molecule has 0 radical (unpaired) electrons. The predicted molar refractivity (Wildman–Crippen MR) is 57.6 cm³/mol. The molecule has 1 unspecified atom stereocenters. The standard InChI is InChI=1S/C12H18O4/c1-8-3-4-9-7-10(8)15-16-12(9,2)6-5-11(13)14/h5-6,8-10H,3-4,7H2,1-2H3,(H,13,14)/b6-5+/t8-,9+,10+,12?/m1/s1. The lowest BCUT2D eigenvalue weighted by molar-refractivity contribution is -0.421. The molecule has 2 rings (SSSR count). The summed E-state index contributed by atoms with van der Waals surface area (Å²) in [6.45, 7) is 4.06. The van der Waals surface area contributed by atoms with E-state index in [-0.39, 0.29) is 6.10 Å². The molecule has 0 aromatic heterocycles. The van der Waals surface area contributed by atoms with Crippen molar-refractivity contribution in [2.45, 2.75) is 44.8 Å². The molecule has 1 heterocycles. The number of carboxylic acids is 1. The van der Waals surface area contributed by atoms with Gasteiger partial charge in [-0.1, -0.05) is 6.92 Å². The zero-order valence-electron chi connectivity index (χ0n) is 9.68. The molecule has 2 aliphatic rings. The van der Waals surface area contributed by atoms with Gasteiger partial charge in [-0.15, -0.1) is 0 Å². The maximum absolute atomic E-state index is 10.5. The van der Waals surface area contributed by atoms with Crippen LogP contribution in [0.15, 0.2) is 12.2 Å². The van der Waals surface area contributed by atoms with E-state index in [9.17, 15) is 4.79 Å². The Hall–Kier alpha value is -0.870. The molecule has 0 aromatic carbocycles. The summed E-state index contributed by atoms with van der Waals surface area (Å²) in [6, 6.07) is 0. The van der Waals surface area contributed by atoms with Crippen LogP contribution in [0.1, 0.15) is 33.1 Å². The van der Waals surface area contributed by atoms with Gasteiger partial charge in [0.15, 0.2) is 0 Å². The molecule has 2 fully saturated rings. The van der Waals surface area contributed by atoms with E-state index in [4.69, 9.17) is 14.9 Å². The smallest absolute Gasteiger partial charge is 0.328 e. The van der Waals surface area contributed by atoms with Gasteiger partial charge >= 0.3 is 5.97 Å². The fraction of sp³-hybridized carbons (Fsp3) is 0.750. The Morgan fingerprint density at radius 2 is 2.25 bits per heavy atom. The van der Waals surface area contributed by atoms with Crippen LogP contribution in [0.5, 0.6) is 0 Å². The van der Waals surface area contributed by atoms with Crippen molar-refractivity contribution in [3.05, 3.63) is 12.2 Å². The van der Waals surface area contributed by atoms with E-state index < -0.39 is 11.6 Å². The fourth-order valence-corrected chi connectivity index (χ4v) is 2.57. The maximum atomic E-state index is 10.5. The van der Waals surface area contributed by atoms with Crippen LogP contribution in [-0.2, 0) is 14.6 Å². The number of carboxylic acid groups (broad SMARTS) is 1. The third-order valence-electron chi connectivity index (χ3n) is 3.84. The van der Waals surface area contributed by atoms with Gasteiger partial charge in [0.05, 0.1) is 6.10 Å². The summed E-state index contributed by atoms with van der Waals surface area (Å²) in [6.07, 6.45) is 6.07. The number of hydrogen-bond donors (Lipinski definition) is 1. The lowest BCUT2D eigenvalue weighted by atomic mass is 9.72. The van der Waals surface area contributed by atoms with Gasteiger partial charge in [0.1, 0.15) is 5.60 Å². The maximum Gasteiger partial charge on any atom is 0.328 e. The van der Waals surface area contributed by atoms with Crippen LogP contribution in [0.3, 0.4) is 0 Å². The molecular weight excluding hydrogens is 208 g/mol. The van der Waals surface area contributed by atoms with E-state index in [2.05, 4.69) is 6.92 Å². The quantitative estimate of drug-likeness (QED) is 0.579. The van der Waals surface area contributed by atoms with E-state index in [1.165, 1.54) is 0 Å². The normalized spacial score (nSPS) is 43.5. The molecule has 0 aromatic rings. The summed E-state index contributed by atoms with van der Waals surface area (Å²) < 4.78 is 0. The van der Waals surface area contributed by atoms with Crippen LogP contribution < -0.4 is 0 Å². The van der Waals surface area contributed by atoms with Crippen molar-refractivity contribution in [3.8, 4) is 0 Å².